The summed E-state index contributed by atoms with van der Waals surface area (Å²) < 4.78 is 34.0. The molecule has 8 nitrogen and oxygen atoms in total. The molecule has 0 spiro atoms. The van der Waals surface area contributed by atoms with Crippen LogP contribution >= 0.6 is 11.3 Å². The summed E-state index contributed by atoms with van der Waals surface area (Å²) in [5.74, 6) is 0.527. The highest BCUT2D eigenvalue weighted by molar-refractivity contribution is 7.93. The molecule has 0 fully saturated rings. The van der Waals surface area contributed by atoms with E-state index < -0.39 is 10.0 Å². The van der Waals surface area contributed by atoms with Crippen LogP contribution in [0.25, 0.3) is 5.57 Å². The van der Waals surface area contributed by atoms with Crippen LogP contribution in [0.5, 0.6) is 5.75 Å². The number of sulfonamides is 1. The number of hydrogen-bond donors (Lipinski definition) is 2. The third-order valence-corrected chi connectivity index (χ3v) is 7.78. The Balaban J connectivity index is 1.53. The minimum atomic E-state index is -3.77. The number of aromatic nitrogens is 1. The van der Waals surface area contributed by atoms with E-state index in [1.807, 2.05) is 12.1 Å². The molecule has 0 saturated carbocycles. The summed E-state index contributed by atoms with van der Waals surface area (Å²) in [5.41, 5.74) is 5.04. The molecule has 2 aromatic carbocycles. The van der Waals surface area contributed by atoms with Crippen LogP contribution in [0.4, 0.5) is 22.2 Å². The first kappa shape index (κ1) is 21.6. The van der Waals surface area contributed by atoms with Gasteiger partial charge in [0, 0.05) is 35.4 Å². The van der Waals surface area contributed by atoms with Crippen LogP contribution in [0, 0.1) is 0 Å². The second-order valence-electron chi connectivity index (χ2n) is 7.62. The molecule has 3 aromatic rings. The number of benzene rings is 2. The minimum Gasteiger partial charge on any atom is -0.489 e. The van der Waals surface area contributed by atoms with Crippen molar-refractivity contribution in [3.05, 3.63) is 59.6 Å². The van der Waals surface area contributed by atoms with Crippen molar-refractivity contribution < 1.29 is 13.2 Å². The Hall–Kier alpha value is -3.21. The Morgan fingerprint density at radius 1 is 1.21 bits per heavy atom. The lowest BCUT2D eigenvalue weighted by Gasteiger charge is -2.33. The van der Waals surface area contributed by atoms with Gasteiger partial charge in [0.2, 0.25) is 0 Å². The molecule has 0 unspecified atom stereocenters. The molecule has 0 amide bonds. The zero-order valence-corrected chi connectivity index (χ0v) is 19.5. The molecule has 0 bridgehead atoms. The molecule has 0 aliphatic carbocycles. The van der Waals surface area contributed by atoms with Crippen LogP contribution in [0.2, 0.25) is 0 Å². The molecule has 0 radical (unpaired) electrons. The van der Waals surface area contributed by atoms with Gasteiger partial charge in [-0.05, 0) is 55.6 Å². The number of rotatable bonds is 6. The van der Waals surface area contributed by atoms with Crippen LogP contribution in [0.1, 0.15) is 12.0 Å². The molecule has 1 aromatic heterocycles. The van der Waals surface area contributed by atoms with Crippen molar-refractivity contribution >= 4 is 55.8 Å². The van der Waals surface area contributed by atoms with E-state index in [1.54, 1.807) is 29.8 Å². The fraction of sp³-hybridized carbons (Fsp3) is 0.217. The average Bonchev–Trinajstić information content (AvgIpc) is 3.36. The lowest BCUT2D eigenvalue weighted by atomic mass is 9.96. The van der Waals surface area contributed by atoms with E-state index >= 15 is 0 Å². The van der Waals surface area contributed by atoms with Gasteiger partial charge in [-0.1, -0.05) is 6.08 Å². The monoisotopic (exact) mass is 481 g/mol. The number of fused-ring (bicyclic) bond motifs is 1. The number of nitrogens with one attached hydrogen (secondary N) is 2. The summed E-state index contributed by atoms with van der Waals surface area (Å²) in [5, 5.41) is 5.39. The average molecular weight is 482 g/mol. The lowest BCUT2D eigenvalue weighted by molar-refractivity contribution is 0.313. The van der Waals surface area contributed by atoms with Crippen LogP contribution in [0.3, 0.4) is 0 Å². The van der Waals surface area contributed by atoms with Crippen molar-refractivity contribution in [2.24, 2.45) is 4.99 Å². The van der Waals surface area contributed by atoms with E-state index in [0.717, 1.165) is 42.1 Å². The quantitative estimate of drug-likeness (QED) is 0.513. The zero-order chi connectivity index (χ0) is 22.8. The third kappa shape index (κ3) is 4.37. The fourth-order valence-corrected chi connectivity index (χ4v) is 5.85. The first-order chi connectivity index (χ1) is 16.0. The number of anilines is 3. The molecule has 10 heteroatoms. The van der Waals surface area contributed by atoms with Crippen molar-refractivity contribution in [2.45, 2.75) is 11.3 Å². The Bertz CT molecular complexity index is 1320. The zero-order valence-electron chi connectivity index (χ0n) is 17.8. The van der Waals surface area contributed by atoms with Gasteiger partial charge in [-0.25, -0.2) is 13.4 Å². The fourth-order valence-electron chi connectivity index (χ4n) is 4.05. The number of thiazole rings is 1. The van der Waals surface area contributed by atoms with E-state index in [-0.39, 0.29) is 4.90 Å². The Morgan fingerprint density at radius 3 is 2.85 bits per heavy atom. The standard InChI is InChI=1S/C23H23N5O3S2/c1-24-17-2-4-20(19(14-17)16-6-8-25-9-7-16)28-11-12-31-22-15-18(3-5-21(22)28)33(29,30)27-23-26-10-13-32-23/h2-6,10,13-15,25H,1,7-9,11-12H2,(H,26,27). The second kappa shape index (κ2) is 8.97. The van der Waals surface area contributed by atoms with E-state index in [0.29, 0.717) is 24.0 Å². The second-order valence-corrected chi connectivity index (χ2v) is 10.2. The van der Waals surface area contributed by atoms with Crippen molar-refractivity contribution in [3.8, 4) is 5.75 Å². The molecule has 0 atom stereocenters. The number of aliphatic imine (C=N–C) groups is 1. The smallest absolute Gasteiger partial charge is 0.263 e. The van der Waals surface area contributed by atoms with E-state index in [2.05, 4.69) is 43.8 Å². The van der Waals surface area contributed by atoms with E-state index in [1.165, 1.54) is 16.9 Å². The third-order valence-electron chi connectivity index (χ3n) is 5.62. The van der Waals surface area contributed by atoms with Crippen molar-refractivity contribution in [3.63, 3.8) is 0 Å². The first-order valence-corrected chi connectivity index (χ1v) is 12.9. The van der Waals surface area contributed by atoms with Gasteiger partial charge in [-0.2, -0.15) is 0 Å². The Morgan fingerprint density at radius 2 is 2.09 bits per heavy atom. The van der Waals surface area contributed by atoms with Crippen molar-refractivity contribution in [2.75, 3.05) is 35.9 Å². The molecular weight excluding hydrogens is 458 g/mol. The van der Waals surface area contributed by atoms with Gasteiger partial charge in [0.25, 0.3) is 10.0 Å². The van der Waals surface area contributed by atoms with Gasteiger partial charge in [0.1, 0.15) is 12.4 Å². The Labute approximate surface area is 196 Å². The summed E-state index contributed by atoms with van der Waals surface area (Å²) in [4.78, 5) is 10.4. The predicted molar refractivity (Wildman–Crippen MR) is 133 cm³/mol. The maximum Gasteiger partial charge on any atom is 0.263 e. The molecular formula is C23H23N5O3S2. The summed E-state index contributed by atoms with van der Waals surface area (Å²) in [6.07, 6.45) is 4.68. The van der Waals surface area contributed by atoms with Gasteiger partial charge in [0.15, 0.2) is 5.13 Å². The predicted octanol–water partition coefficient (Wildman–Crippen LogP) is 4.18. The highest BCUT2D eigenvalue weighted by atomic mass is 32.2. The minimum absolute atomic E-state index is 0.130. The lowest BCUT2D eigenvalue weighted by Crippen LogP contribution is -2.30. The van der Waals surface area contributed by atoms with Crippen LogP contribution in [-0.2, 0) is 10.0 Å². The molecule has 3 heterocycles. The summed E-state index contributed by atoms with van der Waals surface area (Å²) in [6.45, 7) is 6.51. The summed E-state index contributed by atoms with van der Waals surface area (Å²) in [6, 6.07) is 11.0. The van der Waals surface area contributed by atoms with E-state index in [4.69, 9.17) is 4.74 Å². The molecule has 2 N–H and O–H groups in total. The molecule has 2 aliphatic heterocycles. The van der Waals surface area contributed by atoms with Gasteiger partial charge in [0.05, 0.1) is 22.8 Å². The van der Waals surface area contributed by atoms with Gasteiger partial charge in [-0.3, -0.25) is 9.71 Å². The van der Waals surface area contributed by atoms with Crippen molar-refractivity contribution in [1.82, 2.24) is 10.3 Å². The van der Waals surface area contributed by atoms with Crippen LogP contribution in [0.15, 0.2) is 63.9 Å². The normalized spacial score (nSPS) is 15.9. The summed E-state index contributed by atoms with van der Waals surface area (Å²) >= 11 is 1.23. The SMILES string of the molecule is C=Nc1ccc(N2CCOc3cc(S(=O)(=O)Nc4nccs4)ccc32)c(C2=CCNCC2)c1. The first-order valence-electron chi connectivity index (χ1n) is 10.5. The van der Waals surface area contributed by atoms with E-state index in [9.17, 15) is 8.42 Å². The van der Waals surface area contributed by atoms with Gasteiger partial charge in [-0.15, -0.1) is 11.3 Å². The number of ether oxygens (including phenoxy) is 1. The molecule has 33 heavy (non-hydrogen) atoms. The summed E-state index contributed by atoms with van der Waals surface area (Å²) in [7, 11) is -3.77. The number of nitrogens with zero attached hydrogens (tertiary/aromatic N) is 3. The molecule has 2 aliphatic rings. The maximum atomic E-state index is 12.8. The van der Waals surface area contributed by atoms with Crippen LogP contribution in [-0.4, -0.2) is 46.4 Å². The topological polar surface area (TPSA) is 95.9 Å². The highest BCUT2D eigenvalue weighted by Crippen LogP contribution is 2.42. The molecule has 170 valence electrons. The largest absolute Gasteiger partial charge is 0.489 e. The van der Waals surface area contributed by atoms with Crippen LogP contribution < -0.4 is 19.7 Å². The van der Waals surface area contributed by atoms with Crippen molar-refractivity contribution in [1.29, 1.82) is 0 Å². The number of hydrogen-bond acceptors (Lipinski definition) is 8. The maximum absolute atomic E-state index is 12.8. The Kier molecular flexibility index (Phi) is 5.88. The van der Waals surface area contributed by atoms with Gasteiger partial charge >= 0.3 is 0 Å². The highest BCUT2D eigenvalue weighted by Gasteiger charge is 2.26. The molecule has 5 rings (SSSR count). The molecule has 0 saturated heterocycles. The van der Waals surface area contributed by atoms with Gasteiger partial charge < -0.3 is 15.0 Å².